The van der Waals surface area contributed by atoms with Gasteiger partial charge >= 0.3 is 0 Å². The van der Waals surface area contributed by atoms with Crippen LogP contribution in [0.2, 0.25) is 0 Å². The summed E-state index contributed by atoms with van der Waals surface area (Å²) in [6, 6.07) is 8.27. The molecule has 0 unspecified atom stereocenters. The first kappa shape index (κ1) is 12.8. The molecule has 2 aromatic heterocycles. The van der Waals surface area contributed by atoms with Crippen LogP contribution < -0.4 is 0 Å². The third-order valence-corrected chi connectivity index (χ3v) is 3.50. The minimum atomic E-state index is 0.726. The van der Waals surface area contributed by atoms with Crippen molar-refractivity contribution in [3.63, 3.8) is 0 Å². The molecule has 5 heteroatoms. The van der Waals surface area contributed by atoms with Crippen molar-refractivity contribution < 1.29 is 0 Å². The number of aromatic nitrogens is 5. The molecule has 0 saturated carbocycles. The zero-order valence-corrected chi connectivity index (χ0v) is 12.0. The minimum Gasteiger partial charge on any atom is -0.320 e. The quantitative estimate of drug-likeness (QED) is 0.715. The lowest BCUT2D eigenvalue weighted by atomic mass is 10.3. The summed E-state index contributed by atoms with van der Waals surface area (Å²) in [4.78, 5) is 9.12. The molecule has 0 amide bonds. The van der Waals surface area contributed by atoms with E-state index in [1.54, 1.807) is 6.33 Å². The fourth-order valence-corrected chi connectivity index (χ4v) is 2.53. The average molecular weight is 269 g/mol. The first-order valence-electron chi connectivity index (χ1n) is 7.14. The molecular formula is C15H19N5. The van der Waals surface area contributed by atoms with Crippen LogP contribution in [-0.4, -0.2) is 24.3 Å². The third kappa shape index (κ3) is 2.19. The first-order chi connectivity index (χ1) is 9.83. The van der Waals surface area contributed by atoms with Gasteiger partial charge in [0.05, 0.1) is 17.6 Å². The largest absolute Gasteiger partial charge is 0.320 e. The zero-order chi connectivity index (χ0) is 13.9. The van der Waals surface area contributed by atoms with E-state index in [0.29, 0.717) is 0 Å². The topological polar surface area (TPSA) is 48.5 Å². The predicted molar refractivity (Wildman–Crippen MR) is 78.5 cm³/mol. The number of aryl methyl sites for hydroxylation is 2. The Bertz CT molecular complexity index is 710. The molecular weight excluding hydrogens is 250 g/mol. The third-order valence-electron chi connectivity index (χ3n) is 3.50. The van der Waals surface area contributed by atoms with Crippen LogP contribution >= 0.6 is 0 Å². The summed E-state index contributed by atoms with van der Waals surface area (Å²) < 4.78 is 4.19. The van der Waals surface area contributed by atoms with Gasteiger partial charge in [-0.3, -0.25) is 0 Å². The second-order valence-electron chi connectivity index (χ2n) is 4.84. The molecule has 0 spiro atoms. The summed E-state index contributed by atoms with van der Waals surface area (Å²) in [6.45, 7) is 5.82. The lowest BCUT2D eigenvalue weighted by molar-refractivity contribution is 0.586. The van der Waals surface area contributed by atoms with Crippen LogP contribution in [0, 0.1) is 0 Å². The Labute approximate surface area is 118 Å². The van der Waals surface area contributed by atoms with Crippen molar-refractivity contribution >= 4 is 11.0 Å². The molecule has 0 aliphatic heterocycles. The van der Waals surface area contributed by atoms with Crippen molar-refractivity contribution in [3.05, 3.63) is 42.2 Å². The van der Waals surface area contributed by atoms with Gasteiger partial charge in [-0.2, -0.15) is 5.10 Å². The van der Waals surface area contributed by atoms with Crippen LogP contribution in [0.5, 0.6) is 0 Å². The maximum Gasteiger partial charge on any atom is 0.146 e. The molecule has 0 saturated heterocycles. The van der Waals surface area contributed by atoms with Gasteiger partial charge in [0, 0.05) is 13.0 Å². The Morgan fingerprint density at radius 1 is 1.10 bits per heavy atom. The number of rotatable bonds is 5. The summed E-state index contributed by atoms with van der Waals surface area (Å²) in [6.07, 6.45) is 3.69. The highest BCUT2D eigenvalue weighted by molar-refractivity contribution is 5.76. The predicted octanol–water partition coefficient (Wildman–Crippen LogP) is 2.65. The van der Waals surface area contributed by atoms with Gasteiger partial charge < -0.3 is 4.57 Å². The normalized spacial score (nSPS) is 11.3. The molecule has 104 valence electrons. The molecule has 3 aromatic rings. The molecule has 0 aliphatic carbocycles. The van der Waals surface area contributed by atoms with Crippen LogP contribution in [0.15, 0.2) is 30.6 Å². The van der Waals surface area contributed by atoms with Crippen molar-refractivity contribution in [2.24, 2.45) is 0 Å². The summed E-state index contributed by atoms with van der Waals surface area (Å²) in [5, 5.41) is 4.24. The van der Waals surface area contributed by atoms with E-state index in [1.165, 1.54) is 5.52 Å². The van der Waals surface area contributed by atoms with Crippen molar-refractivity contribution in [1.29, 1.82) is 0 Å². The fraction of sp³-hybridized carbons (Fsp3) is 0.400. The Morgan fingerprint density at radius 3 is 2.75 bits per heavy atom. The lowest BCUT2D eigenvalue weighted by Gasteiger charge is -2.09. The van der Waals surface area contributed by atoms with E-state index in [4.69, 9.17) is 4.98 Å². The van der Waals surface area contributed by atoms with Gasteiger partial charge in [0.1, 0.15) is 18.0 Å². The van der Waals surface area contributed by atoms with Crippen LogP contribution in [0.4, 0.5) is 0 Å². The molecule has 3 rings (SSSR count). The molecule has 2 heterocycles. The highest BCUT2D eigenvalue weighted by Crippen LogP contribution is 2.18. The van der Waals surface area contributed by atoms with E-state index >= 15 is 0 Å². The smallest absolute Gasteiger partial charge is 0.146 e. The molecule has 1 aromatic carbocycles. The van der Waals surface area contributed by atoms with E-state index < -0.39 is 0 Å². The number of para-hydroxylation sites is 2. The summed E-state index contributed by atoms with van der Waals surface area (Å²) in [5.74, 6) is 2.10. The Kier molecular flexibility index (Phi) is 3.50. The highest BCUT2D eigenvalue weighted by Gasteiger charge is 2.12. The number of hydrogen-bond donors (Lipinski definition) is 0. The molecule has 0 N–H and O–H groups in total. The first-order valence-corrected chi connectivity index (χ1v) is 7.14. The molecule has 0 fully saturated rings. The van der Waals surface area contributed by atoms with Crippen LogP contribution in [-0.2, 0) is 19.5 Å². The van der Waals surface area contributed by atoms with Gasteiger partial charge in [-0.05, 0) is 25.5 Å². The van der Waals surface area contributed by atoms with Gasteiger partial charge in [-0.1, -0.05) is 19.1 Å². The zero-order valence-electron chi connectivity index (χ0n) is 12.0. The number of imidazole rings is 1. The number of nitrogens with zero attached hydrogens (tertiary/aromatic N) is 5. The molecule has 5 nitrogen and oxygen atoms in total. The monoisotopic (exact) mass is 269 g/mol. The highest BCUT2D eigenvalue weighted by atomic mass is 15.3. The van der Waals surface area contributed by atoms with Gasteiger partial charge in [0.15, 0.2) is 0 Å². The van der Waals surface area contributed by atoms with Crippen molar-refractivity contribution in [2.75, 3.05) is 0 Å². The van der Waals surface area contributed by atoms with E-state index in [0.717, 1.165) is 43.1 Å². The van der Waals surface area contributed by atoms with Gasteiger partial charge in [0.25, 0.3) is 0 Å². The second kappa shape index (κ2) is 5.45. The standard InChI is InChI=1S/C15H19N5/c1-3-7-14-18-12-8-5-6-9-13(12)19(14)10-15-16-11-17-20(15)4-2/h5-6,8-9,11H,3-4,7,10H2,1-2H3. The number of hydrogen-bond acceptors (Lipinski definition) is 3. The summed E-state index contributed by atoms with van der Waals surface area (Å²) >= 11 is 0. The minimum absolute atomic E-state index is 0.726. The van der Waals surface area contributed by atoms with E-state index in [2.05, 4.69) is 46.7 Å². The van der Waals surface area contributed by atoms with E-state index in [9.17, 15) is 0 Å². The molecule has 0 atom stereocenters. The maximum absolute atomic E-state index is 4.74. The Morgan fingerprint density at radius 2 is 1.95 bits per heavy atom. The Balaban J connectivity index is 2.06. The van der Waals surface area contributed by atoms with Crippen molar-refractivity contribution in [2.45, 2.75) is 39.8 Å². The maximum atomic E-state index is 4.74. The van der Waals surface area contributed by atoms with Gasteiger partial charge in [0.2, 0.25) is 0 Å². The van der Waals surface area contributed by atoms with Crippen LogP contribution in [0.3, 0.4) is 0 Å². The fourth-order valence-electron chi connectivity index (χ4n) is 2.53. The molecule has 0 aliphatic rings. The van der Waals surface area contributed by atoms with Gasteiger partial charge in [-0.25, -0.2) is 14.6 Å². The number of benzene rings is 1. The van der Waals surface area contributed by atoms with Crippen LogP contribution in [0.25, 0.3) is 11.0 Å². The van der Waals surface area contributed by atoms with E-state index in [1.807, 2.05) is 10.7 Å². The molecule has 0 radical (unpaired) electrons. The second-order valence-corrected chi connectivity index (χ2v) is 4.84. The molecule has 20 heavy (non-hydrogen) atoms. The SMILES string of the molecule is CCCc1nc2ccccc2n1Cc1ncnn1CC. The van der Waals surface area contributed by atoms with E-state index in [-0.39, 0.29) is 0 Å². The van der Waals surface area contributed by atoms with Crippen molar-refractivity contribution in [1.82, 2.24) is 24.3 Å². The summed E-state index contributed by atoms with van der Waals surface area (Å²) in [5.41, 5.74) is 2.22. The average Bonchev–Trinajstić information content (AvgIpc) is 3.05. The number of fused-ring (bicyclic) bond motifs is 1. The van der Waals surface area contributed by atoms with Crippen LogP contribution in [0.1, 0.15) is 31.9 Å². The molecule has 0 bridgehead atoms. The Hall–Kier alpha value is -2.17. The summed E-state index contributed by atoms with van der Waals surface area (Å²) in [7, 11) is 0. The van der Waals surface area contributed by atoms with Crippen molar-refractivity contribution in [3.8, 4) is 0 Å². The van der Waals surface area contributed by atoms with Gasteiger partial charge in [-0.15, -0.1) is 0 Å². The lowest BCUT2D eigenvalue weighted by Crippen LogP contribution is -2.11.